The molecule has 0 aliphatic heterocycles. The number of benzene rings is 1. The molecule has 1 N–H and O–H groups in total. The van der Waals surface area contributed by atoms with Gasteiger partial charge in [-0.15, -0.1) is 10.2 Å². The molecule has 0 aliphatic rings. The highest BCUT2D eigenvalue weighted by Crippen LogP contribution is 2.19. The number of carbonyl (C=O) groups excluding carboxylic acids is 1. The van der Waals surface area contributed by atoms with Crippen LogP contribution in [0.3, 0.4) is 0 Å². The number of aromatic amines is 1. The van der Waals surface area contributed by atoms with E-state index in [1.165, 1.54) is 0 Å². The van der Waals surface area contributed by atoms with Crippen LogP contribution in [0.25, 0.3) is 11.4 Å². The molecule has 82 valence electrons. The van der Waals surface area contributed by atoms with Gasteiger partial charge in [0.15, 0.2) is 0 Å². The van der Waals surface area contributed by atoms with Crippen molar-refractivity contribution >= 4 is 5.97 Å². The molecule has 16 heavy (non-hydrogen) atoms. The van der Waals surface area contributed by atoms with E-state index in [-0.39, 0.29) is 5.97 Å². The smallest absolute Gasteiger partial charge is 0.338 e. The molecule has 0 saturated heterocycles. The lowest BCUT2D eigenvalue weighted by Crippen LogP contribution is -2.06. The zero-order valence-electron chi connectivity index (χ0n) is 8.67. The highest BCUT2D eigenvalue weighted by molar-refractivity contribution is 5.96. The number of ether oxygens (including phenoxy) is 1. The predicted octanol–water partition coefficient (Wildman–Crippen LogP) is 1.04. The highest BCUT2D eigenvalue weighted by atomic mass is 16.5. The first-order valence-electron chi connectivity index (χ1n) is 4.83. The summed E-state index contributed by atoms with van der Waals surface area (Å²) in [6, 6.07) is 6.98. The Labute approximate surface area is 91.6 Å². The Morgan fingerprint density at radius 2 is 2.25 bits per heavy atom. The van der Waals surface area contributed by atoms with Crippen molar-refractivity contribution < 1.29 is 9.53 Å². The Kier molecular flexibility index (Phi) is 2.90. The number of carbonyl (C=O) groups is 1. The number of hydrogen-bond acceptors (Lipinski definition) is 5. The van der Waals surface area contributed by atoms with E-state index in [1.54, 1.807) is 31.2 Å². The van der Waals surface area contributed by atoms with Gasteiger partial charge in [0.25, 0.3) is 0 Å². The summed E-state index contributed by atoms with van der Waals surface area (Å²) >= 11 is 0. The maximum absolute atomic E-state index is 11.7. The van der Waals surface area contributed by atoms with Crippen molar-refractivity contribution in [2.75, 3.05) is 6.61 Å². The zero-order chi connectivity index (χ0) is 11.4. The first kappa shape index (κ1) is 10.3. The van der Waals surface area contributed by atoms with Gasteiger partial charge in [-0.1, -0.05) is 18.2 Å². The Balaban J connectivity index is 2.42. The van der Waals surface area contributed by atoms with E-state index in [0.29, 0.717) is 23.6 Å². The van der Waals surface area contributed by atoms with Gasteiger partial charge in [-0.3, -0.25) is 0 Å². The molecule has 1 aromatic heterocycles. The quantitative estimate of drug-likeness (QED) is 0.778. The van der Waals surface area contributed by atoms with Crippen molar-refractivity contribution in [2.45, 2.75) is 6.92 Å². The lowest BCUT2D eigenvalue weighted by atomic mass is 10.1. The van der Waals surface area contributed by atoms with Crippen LogP contribution in [0.1, 0.15) is 17.3 Å². The number of rotatable bonds is 3. The third-order valence-electron chi connectivity index (χ3n) is 2.01. The second-order valence-electron chi connectivity index (χ2n) is 3.00. The topological polar surface area (TPSA) is 80.8 Å². The number of nitrogens with one attached hydrogen (secondary N) is 1. The fourth-order valence-electron chi connectivity index (χ4n) is 1.34. The lowest BCUT2D eigenvalue weighted by Gasteiger charge is -2.04. The summed E-state index contributed by atoms with van der Waals surface area (Å²) in [7, 11) is 0. The third-order valence-corrected chi connectivity index (χ3v) is 2.01. The Hall–Kier alpha value is -2.24. The third kappa shape index (κ3) is 1.90. The van der Waals surface area contributed by atoms with E-state index in [1.807, 2.05) is 0 Å². The summed E-state index contributed by atoms with van der Waals surface area (Å²) in [5, 5.41) is 13.5. The van der Waals surface area contributed by atoms with Crippen LogP contribution < -0.4 is 0 Å². The van der Waals surface area contributed by atoms with Crippen molar-refractivity contribution in [3.8, 4) is 11.4 Å². The predicted molar refractivity (Wildman–Crippen MR) is 55.6 cm³/mol. The van der Waals surface area contributed by atoms with Gasteiger partial charge in [0, 0.05) is 5.56 Å². The van der Waals surface area contributed by atoms with Gasteiger partial charge in [0.2, 0.25) is 5.82 Å². The van der Waals surface area contributed by atoms with Gasteiger partial charge in [-0.25, -0.2) is 4.79 Å². The van der Waals surface area contributed by atoms with Gasteiger partial charge in [-0.05, 0) is 18.2 Å². The normalized spacial score (nSPS) is 10.1. The van der Waals surface area contributed by atoms with E-state index < -0.39 is 0 Å². The zero-order valence-corrected chi connectivity index (χ0v) is 8.67. The monoisotopic (exact) mass is 218 g/mol. The molecule has 0 fully saturated rings. The summed E-state index contributed by atoms with van der Waals surface area (Å²) in [6.07, 6.45) is 0. The first-order valence-corrected chi connectivity index (χ1v) is 4.83. The van der Waals surface area contributed by atoms with Gasteiger partial charge in [0.1, 0.15) is 0 Å². The van der Waals surface area contributed by atoms with Crippen molar-refractivity contribution in [1.29, 1.82) is 0 Å². The van der Waals surface area contributed by atoms with Gasteiger partial charge in [0.05, 0.1) is 12.2 Å². The molecule has 0 spiro atoms. The minimum absolute atomic E-state index is 0.333. The van der Waals surface area contributed by atoms with Crippen LogP contribution in [0.15, 0.2) is 24.3 Å². The number of H-pyrrole nitrogens is 1. The van der Waals surface area contributed by atoms with Crippen LogP contribution in [-0.2, 0) is 4.74 Å². The second kappa shape index (κ2) is 4.52. The maximum atomic E-state index is 11.7. The molecule has 6 nitrogen and oxygen atoms in total. The minimum Gasteiger partial charge on any atom is -0.462 e. The fourth-order valence-corrected chi connectivity index (χ4v) is 1.34. The first-order chi connectivity index (χ1) is 7.83. The number of tetrazole rings is 1. The molecule has 0 saturated carbocycles. The van der Waals surface area contributed by atoms with E-state index >= 15 is 0 Å². The highest BCUT2D eigenvalue weighted by Gasteiger charge is 2.15. The number of esters is 1. The second-order valence-corrected chi connectivity index (χ2v) is 3.00. The van der Waals surface area contributed by atoms with Crippen LogP contribution in [0, 0.1) is 0 Å². The molecular weight excluding hydrogens is 208 g/mol. The van der Waals surface area contributed by atoms with Crippen molar-refractivity contribution in [1.82, 2.24) is 20.6 Å². The molecule has 1 heterocycles. The molecule has 2 aromatic rings. The van der Waals surface area contributed by atoms with Crippen LogP contribution in [0.5, 0.6) is 0 Å². The number of aromatic nitrogens is 4. The summed E-state index contributed by atoms with van der Waals surface area (Å²) < 4.78 is 4.94. The SMILES string of the molecule is CCOC(=O)c1ccccc1-c1nn[nH]n1. The average Bonchev–Trinajstić information content (AvgIpc) is 2.83. The van der Waals surface area contributed by atoms with Crippen LogP contribution in [0.2, 0.25) is 0 Å². The fraction of sp³-hybridized carbons (Fsp3) is 0.200. The van der Waals surface area contributed by atoms with Crippen LogP contribution >= 0.6 is 0 Å². The Morgan fingerprint density at radius 1 is 1.44 bits per heavy atom. The summed E-state index contributed by atoms with van der Waals surface area (Å²) in [6.45, 7) is 2.09. The standard InChI is InChI=1S/C10H10N4O2/c1-2-16-10(15)8-6-4-3-5-7(8)9-11-13-14-12-9/h3-6H,2H2,1H3,(H,11,12,13,14). The molecule has 1 aromatic carbocycles. The van der Waals surface area contributed by atoms with E-state index in [9.17, 15) is 4.79 Å². The Bertz CT molecular complexity index is 481. The lowest BCUT2D eigenvalue weighted by molar-refractivity contribution is 0.0527. The molecule has 0 unspecified atom stereocenters. The molecule has 0 bridgehead atoms. The molecule has 6 heteroatoms. The molecule has 0 radical (unpaired) electrons. The van der Waals surface area contributed by atoms with E-state index in [4.69, 9.17) is 4.74 Å². The molecule has 2 rings (SSSR count). The Morgan fingerprint density at radius 3 is 2.94 bits per heavy atom. The molecular formula is C10H10N4O2. The van der Waals surface area contributed by atoms with Gasteiger partial charge < -0.3 is 4.74 Å². The summed E-state index contributed by atoms with van der Waals surface area (Å²) in [5.74, 6) is -0.00782. The van der Waals surface area contributed by atoms with Gasteiger partial charge >= 0.3 is 5.97 Å². The average molecular weight is 218 g/mol. The largest absolute Gasteiger partial charge is 0.462 e. The molecule has 0 aliphatic carbocycles. The van der Waals surface area contributed by atoms with Crippen LogP contribution in [0.4, 0.5) is 0 Å². The summed E-state index contributed by atoms with van der Waals surface area (Å²) in [5.41, 5.74) is 1.04. The minimum atomic E-state index is -0.386. The number of hydrogen-bond donors (Lipinski definition) is 1. The van der Waals surface area contributed by atoms with Crippen molar-refractivity contribution in [3.63, 3.8) is 0 Å². The van der Waals surface area contributed by atoms with E-state index in [2.05, 4.69) is 20.6 Å². The number of nitrogens with zero attached hydrogens (tertiary/aromatic N) is 3. The van der Waals surface area contributed by atoms with Gasteiger partial charge in [-0.2, -0.15) is 5.21 Å². The summed E-state index contributed by atoms with van der Waals surface area (Å²) in [4.78, 5) is 11.7. The molecule has 0 atom stereocenters. The maximum Gasteiger partial charge on any atom is 0.338 e. The van der Waals surface area contributed by atoms with Crippen molar-refractivity contribution in [2.24, 2.45) is 0 Å². The molecule has 0 amide bonds. The van der Waals surface area contributed by atoms with Crippen molar-refractivity contribution in [3.05, 3.63) is 29.8 Å². The van der Waals surface area contributed by atoms with E-state index in [0.717, 1.165) is 0 Å². The van der Waals surface area contributed by atoms with Crippen LogP contribution in [-0.4, -0.2) is 33.2 Å².